The summed E-state index contributed by atoms with van der Waals surface area (Å²) in [6.07, 6.45) is 1.48. The summed E-state index contributed by atoms with van der Waals surface area (Å²) in [5, 5.41) is 3.51. The van der Waals surface area contributed by atoms with Crippen LogP contribution in [0.2, 0.25) is 0 Å². The van der Waals surface area contributed by atoms with Gasteiger partial charge in [0.1, 0.15) is 11.6 Å². The fraction of sp³-hybridized carbons (Fsp3) is 0.560. The lowest BCUT2D eigenvalue weighted by Crippen LogP contribution is -2.44. The molecule has 10 heteroatoms. The van der Waals surface area contributed by atoms with E-state index in [0.717, 1.165) is 25.7 Å². The lowest BCUT2D eigenvalue weighted by molar-refractivity contribution is 0.0985. The number of halogens is 2. The molecule has 35 heavy (non-hydrogen) atoms. The van der Waals surface area contributed by atoms with Crippen molar-refractivity contribution in [3.05, 3.63) is 36.2 Å². The van der Waals surface area contributed by atoms with Crippen LogP contribution in [0, 0.1) is 0 Å². The molecule has 0 amide bonds. The second-order valence-electron chi connectivity index (χ2n) is 9.73. The Balaban J connectivity index is 1.55. The quantitative estimate of drug-likeness (QED) is 0.559. The maximum absolute atomic E-state index is 14.1. The molecule has 8 nitrogen and oxygen atoms in total. The highest BCUT2D eigenvalue weighted by atomic mass is 19.3. The third-order valence-corrected chi connectivity index (χ3v) is 7.13. The van der Waals surface area contributed by atoms with Crippen LogP contribution in [-0.2, 0) is 4.74 Å². The number of alkyl halides is 2. The molecule has 0 bridgehead atoms. The summed E-state index contributed by atoms with van der Waals surface area (Å²) in [7, 11) is 4.24. The Hall–Kier alpha value is -2.85. The van der Waals surface area contributed by atoms with E-state index in [1.54, 1.807) is 24.3 Å². The summed E-state index contributed by atoms with van der Waals surface area (Å²) in [6.45, 7) is 3.94. The van der Waals surface area contributed by atoms with E-state index in [2.05, 4.69) is 41.1 Å². The third-order valence-electron chi connectivity index (χ3n) is 7.13. The fourth-order valence-electron chi connectivity index (χ4n) is 5.17. The average Bonchev–Trinajstić information content (AvgIpc) is 3.25. The highest BCUT2D eigenvalue weighted by molar-refractivity contribution is 5.78. The van der Waals surface area contributed by atoms with E-state index in [1.165, 1.54) is 4.57 Å². The molecule has 1 saturated heterocycles. The molecule has 2 aliphatic rings. The molecule has 3 aromatic rings. The largest absolute Gasteiger partial charge is 0.377 e. The van der Waals surface area contributed by atoms with E-state index in [0.29, 0.717) is 54.4 Å². The van der Waals surface area contributed by atoms with Gasteiger partial charge in [0.05, 0.1) is 30.3 Å². The molecular weight excluding hydrogens is 452 g/mol. The highest BCUT2D eigenvalue weighted by Crippen LogP contribution is 2.31. The molecule has 1 aliphatic heterocycles. The van der Waals surface area contributed by atoms with Gasteiger partial charge < -0.3 is 19.9 Å². The van der Waals surface area contributed by atoms with Crippen molar-refractivity contribution in [2.75, 3.05) is 44.1 Å². The van der Waals surface area contributed by atoms with Crippen LogP contribution in [0.1, 0.15) is 44.9 Å². The highest BCUT2D eigenvalue weighted by Gasteiger charge is 2.27. The van der Waals surface area contributed by atoms with E-state index in [9.17, 15) is 8.78 Å². The zero-order chi connectivity index (χ0) is 24.5. The summed E-state index contributed by atoms with van der Waals surface area (Å²) in [6, 6.07) is 9.88. The van der Waals surface area contributed by atoms with Crippen LogP contribution in [-0.4, -0.2) is 76.4 Å². The molecule has 3 heterocycles. The third kappa shape index (κ3) is 4.95. The number of hydrogen-bond acceptors (Lipinski definition) is 7. The van der Waals surface area contributed by atoms with Crippen LogP contribution in [0.3, 0.4) is 0 Å². The van der Waals surface area contributed by atoms with Crippen molar-refractivity contribution < 1.29 is 13.5 Å². The summed E-state index contributed by atoms with van der Waals surface area (Å²) in [4.78, 5) is 18.2. The number of fused-ring (bicyclic) bond motifs is 1. The SMILES string of the molecule is C[C@@H]1COCCN1c1cc(-n2c(C(F)F)nc3ccccc32)nc(NC2CCC(N(C)C)CC2)n1. The molecule has 2 aromatic heterocycles. The van der Waals surface area contributed by atoms with E-state index in [-0.39, 0.29) is 17.9 Å². The maximum Gasteiger partial charge on any atom is 0.296 e. The molecule has 1 N–H and O–H groups in total. The molecule has 2 fully saturated rings. The van der Waals surface area contributed by atoms with Gasteiger partial charge in [0.25, 0.3) is 6.43 Å². The van der Waals surface area contributed by atoms with E-state index in [4.69, 9.17) is 14.7 Å². The standard InChI is InChI=1S/C25H33F2N7O/c1-16-15-35-13-12-33(16)21-14-22(34-20-7-5-4-6-19(20)29-24(34)23(26)27)31-25(30-21)28-17-8-10-18(11-9-17)32(2)3/h4-7,14,16-18,23H,8-13,15H2,1-3H3,(H,28,30,31)/t16-,17?,18?/m1/s1. The first-order chi connectivity index (χ1) is 16.9. The summed E-state index contributed by atoms with van der Waals surface area (Å²) >= 11 is 0. The second-order valence-corrected chi connectivity index (χ2v) is 9.73. The Morgan fingerprint density at radius 1 is 1.06 bits per heavy atom. The molecule has 0 radical (unpaired) electrons. The number of para-hydroxylation sites is 2. The molecule has 1 aliphatic carbocycles. The molecule has 0 unspecified atom stereocenters. The molecule has 188 valence electrons. The van der Waals surface area contributed by atoms with Gasteiger partial charge in [-0.3, -0.25) is 4.57 Å². The first-order valence-electron chi connectivity index (χ1n) is 12.3. The zero-order valence-corrected chi connectivity index (χ0v) is 20.5. The van der Waals surface area contributed by atoms with Crippen molar-refractivity contribution in [2.24, 2.45) is 0 Å². The number of nitrogens with zero attached hydrogens (tertiary/aromatic N) is 6. The Labute approximate surface area is 204 Å². The zero-order valence-electron chi connectivity index (χ0n) is 20.5. The minimum absolute atomic E-state index is 0.115. The van der Waals surface area contributed by atoms with Gasteiger partial charge in [-0.25, -0.2) is 13.8 Å². The normalized spacial score (nSPS) is 23.4. The van der Waals surface area contributed by atoms with Crippen molar-refractivity contribution in [1.82, 2.24) is 24.4 Å². The topological polar surface area (TPSA) is 71.3 Å². The molecule has 1 atom stereocenters. The van der Waals surface area contributed by atoms with Gasteiger partial charge >= 0.3 is 0 Å². The van der Waals surface area contributed by atoms with Crippen LogP contribution in [0.15, 0.2) is 30.3 Å². The molecule has 1 saturated carbocycles. The Bertz CT molecular complexity index is 1160. The van der Waals surface area contributed by atoms with Crippen LogP contribution >= 0.6 is 0 Å². The number of hydrogen-bond donors (Lipinski definition) is 1. The minimum Gasteiger partial charge on any atom is -0.377 e. The van der Waals surface area contributed by atoms with Gasteiger partial charge in [-0.1, -0.05) is 12.1 Å². The number of ether oxygens (including phenoxy) is 1. The Morgan fingerprint density at radius 2 is 1.80 bits per heavy atom. The number of aromatic nitrogens is 4. The van der Waals surface area contributed by atoms with Gasteiger partial charge in [0.15, 0.2) is 5.82 Å². The molecule has 0 spiro atoms. The average molecular weight is 486 g/mol. The van der Waals surface area contributed by atoms with Crippen LogP contribution in [0.4, 0.5) is 20.5 Å². The molecule has 5 rings (SSSR count). The van der Waals surface area contributed by atoms with Crippen LogP contribution < -0.4 is 10.2 Å². The van der Waals surface area contributed by atoms with Crippen molar-refractivity contribution in [3.63, 3.8) is 0 Å². The number of rotatable bonds is 6. The predicted molar refractivity (Wildman–Crippen MR) is 133 cm³/mol. The molecular formula is C25H33F2N7O. The van der Waals surface area contributed by atoms with E-state index < -0.39 is 6.43 Å². The lowest BCUT2D eigenvalue weighted by atomic mass is 9.91. The predicted octanol–water partition coefficient (Wildman–Crippen LogP) is 4.26. The van der Waals surface area contributed by atoms with Crippen LogP contribution in [0.5, 0.6) is 0 Å². The monoisotopic (exact) mass is 485 g/mol. The second kappa shape index (κ2) is 10.0. The maximum atomic E-state index is 14.1. The van der Waals surface area contributed by atoms with Crippen molar-refractivity contribution in [1.29, 1.82) is 0 Å². The number of benzene rings is 1. The first-order valence-corrected chi connectivity index (χ1v) is 12.3. The van der Waals surface area contributed by atoms with Gasteiger partial charge in [-0.2, -0.15) is 9.97 Å². The van der Waals surface area contributed by atoms with Crippen molar-refractivity contribution >= 4 is 22.8 Å². The number of nitrogens with one attached hydrogen (secondary N) is 1. The lowest BCUT2D eigenvalue weighted by Gasteiger charge is -2.35. The van der Waals surface area contributed by atoms with Gasteiger partial charge in [-0.05, 0) is 58.8 Å². The Kier molecular flexibility index (Phi) is 6.84. The summed E-state index contributed by atoms with van der Waals surface area (Å²) in [5.74, 6) is 1.24. The number of imidazole rings is 1. The van der Waals surface area contributed by atoms with Crippen LogP contribution in [0.25, 0.3) is 16.9 Å². The fourth-order valence-corrected chi connectivity index (χ4v) is 5.17. The Morgan fingerprint density at radius 3 is 2.51 bits per heavy atom. The first kappa shape index (κ1) is 23.9. The summed E-state index contributed by atoms with van der Waals surface area (Å²) in [5.41, 5.74) is 1.11. The van der Waals surface area contributed by atoms with E-state index >= 15 is 0 Å². The van der Waals surface area contributed by atoms with Crippen molar-refractivity contribution in [3.8, 4) is 5.82 Å². The number of morpholine rings is 1. The van der Waals surface area contributed by atoms with Gasteiger partial charge in [0, 0.05) is 24.7 Å². The number of anilines is 2. The van der Waals surface area contributed by atoms with Gasteiger partial charge in [0.2, 0.25) is 5.95 Å². The smallest absolute Gasteiger partial charge is 0.296 e. The van der Waals surface area contributed by atoms with E-state index in [1.807, 2.05) is 6.07 Å². The molecule has 1 aromatic carbocycles. The summed E-state index contributed by atoms with van der Waals surface area (Å²) < 4.78 is 35.2. The van der Waals surface area contributed by atoms with Gasteiger partial charge in [-0.15, -0.1) is 0 Å². The van der Waals surface area contributed by atoms with Crippen molar-refractivity contribution in [2.45, 2.75) is 57.2 Å². The minimum atomic E-state index is -2.74.